The third-order valence-electron chi connectivity index (χ3n) is 6.78. The maximum absolute atomic E-state index is 13.2. The molecule has 1 heterocycles. The SMILES string of the molecule is O=S(=O)(Oc1cc2ccccc2c2c1oc1cc3c4ccccc4c4ccccc4c3cc12)C(F)(F)F. The fourth-order valence-electron chi connectivity index (χ4n) is 5.22. The van der Waals surface area contributed by atoms with E-state index in [2.05, 4.69) is 10.2 Å². The van der Waals surface area contributed by atoms with E-state index in [4.69, 9.17) is 4.42 Å². The molecule has 7 rings (SSSR count). The zero-order valence-corrected chi connectivity index (χ0v) is 19.7. The molecule has 0 aliphatic heterocycles. The van der Waals surface area contributed by atoms with Crippen LogP contribution in [0.1, 0.15) is 0 Å². The van der Waals surface area contributed by atoms with Gasteiger partial charge in [0, 0.05) is 10.8 Å². The molecule has 0 amide bonds. The van der Waals surface area contributed by atoms with Gasteiger partial charge in [0.25, 0.3) is 0 Å². The Morgan fingerprint density at radius 1 is 0.622 bits per heavy atom. The number of halogens is 3. The van der Waals surface area contributed by atoms with Crippen LogP contribution in [0.3, 0.4) is 0 Å². The second-order valence-corrected chi connectivity index (χ2v) is 10.4. The summed E-state index contributed by atoms with van der Waals surface area (Å²) in [6.45, 7) is 0. The molecule has 0 atom stereocenters. The Balaban J connectivity index is 1.67. The minimum absolute atomic E-state index is 0.0644. The van der Waals surface area contributed by atoms with Gasteiger partial charge in [0.15, 0.2) is 11.3 Å². The van der Waals surface area contributed by atoms with E-state index in [-0.39, 0.29) is 5.58 Å². The molecular weight excluding hydrogens is 501 g/mol. The normalized spacial score (nSPS) is 12.9. The van der Waals surface area contributed by atoms with Gasteiger partial charge in [-0.1, -0.05) is 72.8 Å². The van der Waals surface area contributed by atoms with Crippen molar-refractivity contribution in [1.82, 2.24) is 0 Å². The molecule has 37 heavy (non-hydrogen) atoms. The van der Waals surface area contributed by atoms with Gasteiger partial charge < -0.3 is 8.60 Å². The van der Waals surface area contributed by atoms with Crippen molar-refractivity contribution in [3.8, 4) is 5.75 Å². The Labute approximate surface area is 207 Å². The molecule has 6 aromatic carbocycles. The first kappa shape index (κ1) is 21.9. The number of rotatable bonds is 2. The van der Waals surface area contributed by atoms with Crippen molar-refractivity contribution in [2.24, 2.45) is 0 Å². The van der Waals surface area contributed by atoms with Gasteiger partial charge in [-0.15, -0.1) is 0 Å². The van der Waals surface area contributed by atoms with E-state index < -0.39 is 21.4 Å². The molecule has 0 unspecified atom stereocenters. The first-order valence-corrected chi connectivity index (χ1v) is 12.8. The van der Waals surface area contributed by atoms with Crippen molar-refractivity contribution in [2.75, 3.05) is 0 Å². The average molecular weight is 516 g/mol. The molecule has 0 radical (unpaired) electrons. The number of alkyl halides is 3. The predicted octanol–water partition coefficient (Wildman–Crippen LogP) is 8.43. The predicted molar refractivity (Wildman–Crippen MR) is 139 cm³/mol. The zero-order valence-electron chi connectivity index (χ0n) is 18.8. The minimum Gasteiger partial charge on any atom is -0.452 e. The summed E-state index contributed by atoms with van der Waals surface area (Å²) in [6, 6.07) is 28.1. The monoisotopic (exact) mass is 516 g/mol. The van der Waals surface area contributed by atoms with Crippen molar-refractivity contribution >= 4 is 75.1 Å². The lowest BCUT2D eigenvalue weighted by atomic mass is 9.93. The molecule has 0 saturated carbocycles. The molecule has 4 nitrogen and oxygen atoms in total. The minimum atomic E-state index is -5.90. The second-order valence-electron chi connectivity index (χ2n) is 8.87. The summed E-state index contributed by atoms with van der Waals surface area (Å²) in [5.41, 5.74) is -5.23. The van der Waals surface area contributed by atoms with Crippen LogP contribution in [0.25, 0.3) is 65.0 Å². The third-order valence-corrected chi connectivity index (χ3v) is 7.74. The van der Waals surface area contributed by atoms with Crippen LogP contribution in [0.4, 0.5) is 13.2 Å². The summed E-state index contributed by atoms with van der Waals surface area (Å²) in [5.74, 6) is -0.513. The summed E-state index contributed by atoms with van der Waals surface area (Å²) in [7, 11) is -5.90. The molecule has 8 heteroatoms. The molecule has 0 spiro atoms. The number of hydrogen-bond acceptors (Lipinski definition) is 4. The third kappa shape index (κ3) is 3.12. The maximum Gasteiger partial charge on any atom is 0.534 e. The van der Waals surface area contributed by atoms with E-state index in [1.54, 1.807) is 18.2 Å². The summed E-state index contributed by atoms with van der Waals surface area (Å²) >= 11 is 0. The topological polar surface area (TPSA) is 56.5 Å². The smallest absolute Gasteiger partial charge is 0.452 e. The van der Waals surface area contributed by atoms with Gasteiger partial charge in [-0.25, -0.2) is 0 Å². The molecular formula is C29H15F3O4S. The number of furan rings is 1. The highest BCUT2D eigenvalue weighted by Gasteiger charge is 2.49. The Bertz CT molecular complexity index is 2180. The Morgan fingerprint density at radius 3 is 1.73 bits per heavy atom. The van der Waals surface area contributed by atoms with Crippen LogP contribution in [0.2, 0.25) is 0 Å². The molecule has 0 bridgehead atoms. The highest BCUT2D eigenvalue weighted by molar-refractivity contribution is 7.88. The molecule has 182 valence electrons. The van der Waals surface area contributed by atoms with Crippen LogP contribution in [-0.2, 0) is 10.1 Å². The summed E-state index contributed by atoms with van der Waals surface area (Å²) < 4.78 is 74.0. The van der Waals surface area contributed by atoms with Crippen LogP contribution in [0, 0.1) is 0 Å². The molecule has 1 aromatic heterocycles. The van der Waals surface area contributed by atoms with Gasteiger partial charge in [-0.3, -0.25) is 0 Å². The van der Waals surface area contributed by atoms with Gasteiger partial charge in [0.05, 0.1) is 0 Å². The van der Waals surface area contributed by atoms with Gasteiger partial charge in [0.2, 0.25) is 0 Å². The Hall–Kier alpha value is -4.30. The van der Waals surface area contributed by atoms with E-state index in [9.17, 15) is 21.6 Å². The summed E-state index contributed by atoms with van der Waals surface area (Å²) in [5, 5.41) is 8.37. The van der Waals surface area contributed by atoms with Crippen LogP contribution < -0.4 is 4.18 Å². The highest BCUT2D eigenvalue weighted by atomic mass is 32.2. The summed E-state index contributed by atoms with van der Waals surface area (Å²) in [6.07, 6.45) is 0. The zero-order chi connectivity index (χ0) is 25.5. The van der Waals surface area contributed by atoms with E-state index in [1.165, 1.54) is 6.07 Å². The van der Waals surface area contributed by atoms with E-state index in [1.807, 2.05) is 60.7 Å². The quantitative estimate of drug-likeness (QED) is 0.131. The van der Waals surface area contributed by atoms with Crippen LogP contribution in [-0.4, -0.2) is 13.9 Å². The molecule has 7 aromatic rings. The lowest BCUT2D eigenvalue weighted by molar-refractivity contribution is -0.0499. The fraction of sp³-hybridized carbons (Fsp3) is 0.0345. The first-order chi connectivity index (χ1) is 17.7. The van der Waals surface area contributed by atoms with Gasteiger partial charge in [-0.05, 0) is 61.3 Å². The van der Waals surface area contributed by atoms with Crippen molar-refractivity contribution < 1.29 is 30.2 Å². The number of hydrogen-bond donors (Lipinski definition) is 0. The van der Waals surface area contributed by atoms with E-state index >= 15 is 0 Å². The van der Waals surface area contributed by atoms with Gasteiger partial charge >= 0.3 is 15.6 Å². The number of benzene rings is 6. The van der Waals surface area contributed by atoms with Crippen LogP contribution in [0.15, 0.2) is 95.4 Å². The average Bonchev–Trinajstić information content (AvgIpc) is 3.26. The van der Waals surface area contributed by atoms with Crippen molar-refractivity contribution in [3.63, 3.8) is 0 Å². The second kappa shape index (κ2) is 7.36. The Morgan fingerprint density at radius 2 is 1.14 bits per heavy atom. The molecule has 0 saturated heterocycles. The molecule has 0 aliphatic rings. The van der Waals surface area contributed by atoms with Gasteiger partial charge in [-0.2, -0.15) is 21.6 Å². The van der Waals surface area contributed by atoms with Crippen LogP contribution >= 0.6 is 0 Å². The Kier molecular flexibility index (Phi) is 4.37. The first-order valence-electron chi connectivity index (χ1n) is 11.3. The van der Waals surface area contributed by atoms with E-state index in [0.29, 0.717) is 27.1 Å². The highest BCUT2D eigenvalue weighted by Crippen LogP contribution is 2.45. The maximum atomic E-state index is 13.2. The van der Waals surface area contributed by atoms with E-state index in [0.717, 1.165) is 32.3 Å². The largest absolute Gasteiger partial charge is 0.534 e. The fourth-order valence-corrected chi connectivity index (χ4v) is 5.67. The lowest BCUT2D eigenvalue weighted by Crippen LogP contribution is -2.28. The standard InChI is InChI=1S/C29H15F3O4S/c30-29(31,32)37(33,34)36-26-13-16-7-1-2-8-17(16)27-24-14-22-20-11-5-3-9-18(20)19-10-4-6-12-21(19)23(22)15-25(24)35-28(26)27/h1-15H. The lowest BCUT2D eigenvalue weighted by Gasteiger charge is -2.11. The van der Waals surface area contributed by atoms with Gasteiger partial charge in [0.1, 0.15) is 5.58 Å². The van der Waals surface area contributed by atoms with Crippen molar-refractivity contribution in [3.05, 3.63) is 91.0 Å². The van der Waals surface area contributed by atoms with Crippen molar-refractivity contribution in [1.29, 1.82) is 0 Å². The summed E-state index contributed by atoms with van der Waals surface area (Å²) in [4.78, 5) is 0. The van der Waals surface area contributed by atoms with Crippen LogP contribution in [0.5, 0.6) is 5.75 Å². The number of fused-ring (bicyclic) bond motifs is 11. The molecule has 0 aliphatic carbocycles. The van der Waals surface area contributed by atoms with Crippen molar-refractivity contribution in [2.45, 2.75) is 5.51 Å². The molecule has 0 fully saturated rings. The molecule has 0 N–H and O–H groups in total.